The molecule has 15 heavy (non-hydrogen) atoms. The second kappa shape index (κ2) is 5.44. The molecule has 0 spiro atoms. The quantitative estimate of drug-likeness (QED) is 0.810. The first kappa shape index (κ1) is 11.6. The van der Waals surface area contributed by atoms with E-state index in [4.69, 9.17) is 0 Å². The van der Waals surface area contributed by atoms with E-state index in [2.05, 4.69) is 15.3 Å². The van der Waals surface area contributed by atoms with Crippen LogP contribution in [0.4, 0.5) is 0 Å². The van der Waals surface area contributed by atoms with Crippen molar-refractivity contribution >= 4 is 5.91 Å². The third kappa shape index (κ3) is 3.65. The van der Waals surface area contributed by atoms with Crippen LogP contribution in [0.1, 0.15) is 32.2 Å². The van der Waals surface area contributed by atoms with E-state index in [-0.39, 0.29) is 11.8 Å². The number of rotatable bonds is 4. The van der Waals surface area contributed by atoms with Gasteiger partial charge in [-0.1, -0.05) is 20.8 Å². The first-order valence-corrected chi connectivity index (χ1v) is 5.21. The number of nitrogens with one attached hydrogen (secondary N) is 1. The van der Waals surface area contributed by atoms with E-state index in [0.29, 0.717) is 6.54 Å². The van der Waals surface area contributed by atoms with E-state index in [1.807, 2.05) is 20.8 Å². The van der Waals surface area contributed by atoms with Gasteiger partial charge in [0.15, 0.2) is 0 Å². The molecule has 1 heterocycles. The minimum absolute atomic E-state index is 0.00729. The van der Waals surface area contributed by atoms with Crippen molar-refractivity contribution in [2.24, 2.45) is 5.92 Å². The number of carbonyl (C=O) groups excluding carboxylic acids is 1. The van der Waals surface area contributed by atoms with Crippen LogP contribution >= 0.6 is 0 Å². The van der Waals surface area contributed by atoms with Gasteiger partial charge in [0.25, 0.3) is 0 Å². The molecule has 82 valence electrons. The van der Waals surface area contributed by atoms with Crippen LogP contribution in [-0.4, -0.2) is 15.9 Å². The number of aryl methyl sites for hydroxylation is 1. The summed E-state index contributed by atoms with van der Waals surface area (Å²) in [5.74, 6) is 0.0456. The van der Waals surface area contributed by atoms with Gasteiger partial charge in [0, 0.05) is 12.1 Å². The van der Waals surface area contributed by atoms with E-state index >= 15 is 0 Å². The molecule has 4 nitrogen and oxygen atoms in total. The highest BCUT2D eigenvalue weighted by Crippen LogP contribution is 1.97. The van der Waals surface area contributed by atoms with Crippen molar-refractivity contribution in [3.8, 4) is 0 Å². The number of hydrogen-bond acceptors (Lipinski definition) is 3. The third-order valence-electron chi connectivity index (χ3n) is 2.09. The largest absolute Gasteiger partial charge is 0.350 e. The SMILES string of the molecule is CCc1cnc(CNC(=O)C(C)C)cn1. The Balaban J connectivity index is 2.47. The molecule has 0 aliphatic rings. The second-order valence-electron chi connectivity index (χ2n) is 3.73. The highest BCUT2D eigenvalue weighted by Gasteiger charge is 2.06. The number of aromatic nitrogens is 2. The van der Waals surface area contributed by atoms with Crippen molar-refractivity contribution in [1.82, 2.24) is 15.3 Å². The van der Waals surface area contributed by atoms with Gasteiger partial charge in [0.1, 0.15) is 0 Å². The molecule has 0 radical (unpaired) electrons. The molecule has 0 bridgehead atoms. The summed E-state index contributed by atoms with van der Waals surface area (Å²) >= 11 is 0. The molecule has 0 unspecified atom stereocenters. The van der Waals surface area contributed by atoms with E-state index in [9.17, 15) is 4.79 Å². The fraction of sp³-hybridized carbons (Fsp3) is 0.545. The molecule has 0 atom stereocenters. The highest BCUT2D eigenvalue weighted by atomic mass is 16.1. The Labute approximate surface area is 90.1 Å². The molecule has 1 aromatic rings. The predicted octanol–water partition coefficient (Wildman–Crippen LogP) is 1.31. The molecule has 1 amide bonds. The Kier molecular flexibility index (Phi) is 4.21. The van der Waals surface area contributed by atoms with Crippen LogP contribution in [0.25, 0.3) is 0 Å². The van der Waals surface area contributed by atoms with Crippen LogP contribution < -0.4 is 5.32 Å². The van der Waals surface area contributed by atoms with Crippen LogP contribution in [0.5, 0.6) is 0 Å². The summed E-state index contributed by atoms with van der Waals surface area (Å²) in [6, 6.07) is 0. The maximum Gasteiger partial charge on any atom is 0.222 e. The first-order valence-electron chi connectivity index (χ1n) is 5.21. The average molecular weight is 207 g/mol. The topological polar surface area (TPSA) is 54.9 Å². The van der Waals surface area contributed by atoms with Gasteiger partial charge < -0.3 is 5.32 Å². The molecule has 4 heteroatoms. The fourth-order valence-electron chi connectivity index (χ4n) is 1.04. The van der Waals surface area contributed by atoms with Gasteiger partial charge in [0.2, 0.25) is 5.91 Å². The summed E-state index contributed by atoms with van der Waals surface area (Å²) in [6.07, 6.45) is 4.34. The number of carbonyl (C=O) groups is 1. The lowest BCUT2D eigenvalue weighted by Gasteiger charge is -2.06. The Morgan fingerprint density at radius 3 is 2.40 bits per heavy atom. The van der Waals surface area contributed by atoms with E-state index in [1.54, 1.807) is 12.4 Å². The zero-order valence-electron chi connectivity index (χ0n) is 9.45. The van der Waals surface area contributed by atoms with E-state index in [1.165, 1.54) is 0 Å². The predicted molar refractivity (Wildman–Crippen MR) is 58.1 cm³/mol. The summed E-state index contributed by atoms with van der Waals surface area (Å²) in [5.41, 5.74) is 1.76. The summed E-state index contributed by atoms with van der Waals surface area (Å²) in [6.45, 7) is 6.21. The minimum Gasteiger partial charge on any atom is -0.350 e. The molecule has 0 aliphatic heterocycles. The van der Waals surface area contributed by atoms with Crippen molar-refractivity contribution in [3.05, 3.63) is 23.8 Å². The van der Waals surface area contributed by atoms with Crippen molar-refractivity contribution < 1.29 is 4.79 Å². The average Bonchev–Trinajstić information content (AvgIpc) is 2.26. The lowest BCUT2D eigenvalue weighted by Crippen LogP contribution is -2.27. The molecule has 0 saturated carbocycles. The molecule has 1 rings (SSSR count). The van der Waals surface area contributed by atoms with Gasteiger partial charge >= 0.3 is 0 Å². The highest BCUT2D eigenvalue weighted by molar-refractivity contribution is 5.77. The summed E-state index contributed by atoms with van der Waals surface area (Å²) < 4.78 is 0. The minimum atomic E-state index is 0.00729. The second-order valence-corrected chi connectivity index (χ2v) is 3.73. The zero-order valence-corrected chi connectivity index (χ0v) is 9.45. The summed E-state index contributed by atoms with van der Waals surface area (Å²) in [4.78, 5) is 19.7. The Bertz CT molecular complexity index is 319. The lowest BCUT2D eigenvalue weighted by molar-refractivity contribution is -0.124. The Morgan fingerprint density at radius 1 is 1.33 bits per heavy atom. The van der Waals surface area contributed by atoms with E-state index in [0.717, 1.165) is 17.8 Å². The van der Waals surface area contributed by atoms with Crippen LogP contribution in [0.2, 0.25) is 0 Å². The third-order valence-corrected chi connectivity index (χ3v) is 2.09. The monoisotopic (exact) mass is 207 g/mol. The van der Waals surface area contributed by atoms with Crippen molar-refractivity contribution in [1.29, 1.82) is 0 Å². The van der Waals surface area contributed by atoms with Crippen molar-refractivity contribution in [2.45, 2.75) is 33.7 Å². The normalized spacial score (nSPS) is 10.4. The number of hydrogen-bond donors (Lipinski definition) is 1. The zero-order chi connectivity index (χ0) is 11.3. The Morgan fingerprint density at radius 2 is 1.93 bits per heavy atom. The Hall–Kier alpha value is -1.45. The first-order chi connectivity index (χ1) is 7.13. The van der Waals surface area contributed by atoms with E-state index < -0.39 is 0 Å². The van der Waals surface area contributed by atoms with Gasteiger partial charge in [-0.3, -0.25) is 14.8 Å². The van der Waals surface area contributed by atoms with Gasteiger partial charge in [0.05, 0.1) is 24.1 Å². The van der Waals surface area contributed by atoms with Gasteiger partial charge in [-0.05, 0) is 6.42 Å². The summed E-state index contributed by atoms with van der Waals surface area (Å²) in [7, 11) is 0. The van der Waals surface area contributed by atoms with Gasteiger partial charge in [-0.25, -0.2) is 0 Å². The van der Waals surface area contributed by atoms with Crippen LogP contribution in [0.15, 0.2) is 12.4 Å². The molecular formula is C11H17N3O. The molecule has 0 aliphatic carbocycles. The van der Waals surface area contributed by atoms with Crippen molar-refractivity contribution in [3.63, 3.8) is 0 Å². The fourth-order valence-corrected chi connectivity index (χ4v) is 1.04. The molecule has 0 fully saturated rings. The number of amides is 1. The molecular weight excluding hydrogens is 190 g/mol. The van der Waals surface area contributed by atoms with Crippen molar-refractivity contribution in [2.75, 3.05) is 0 Å². The van der Waals surface area contributed by atoms with Crippen LogP contribution in [-0.2, 0) is 17.8 Å². The lowest BCUT2D eigenvalue weighted by atomic mass is 10.2. The van der Waals surface area contributed by atoms with Crippen LogP contribution in [0, 0.1) is 5.92 Å². The molecule has 1 aromatic heterocycles. The number of nitrogens with zero attached hydrogens (tertiary/aromatic N) is 2. The van der Waals surface area contributed by atoms with Gasteiger partial charge in [-0.15, -0.1) is 0 Å². The standard InChI is InChI=1S/C11H17N3O/c1-4-9-5-13-10(6-12-9)7-14-11(15)8(2)3/h5-6,8H,4,7H2,1-3H3,(H,14,15). The van der Waals surface area contributed by atoms with Crippen LogP contribution in [0.3, 0.4) is 0 Å². The summed E-state index contributed by atoms with van der Waals surface area (Å²) in [5, 5.41) is 2.79. The maximum atomic E-state index is 11.3. The smallest absolute Gasteiger partial charge is 0.222 e. The molecule has 1 N–H and O–H groups in total. The van der Waals surface area contributed by atoms with Gasteiger partial charge in [-0.2, -0.15) is 0 Å². The molecule has 0 saturated heterocycles. The maximum absolute atomic E-state index is 11.3. The molecule has 0 aromatic carbocycles.